The summed E-state index contributed by atoms with van der Waals surface area (Å²) >= 11 is 0. The number of nitrogens with zero attached hydrogens (tertiary/aromatic N) is 5. The van der Waals surface area contributed by atoms with Gasteiger partial charge < -0.3 is 16.0 Å². The third kappa shape index (κ3) is 2.96. The molecule has 0 spiro atoms. The molecule has 24 heavy (non-hydrogen) atoms. The van der Waals surface area contributed by atoms with Gasteiger partial charge in [0.05, 0.1) is 0 Å². The van der Waals surface area contributed by atoms with Gasteiger partial charge in [0.2, 0.25) is 11.9 Å². The minimum atomic E-state index is 0.184. The molecule has 0 radical (unpaired) electrons. The lowest BCUT2D eigenvalue weighted by Crippen LogP contribution is -2.37. The first kappa shape index (κ1) is 14.4. The molecule has 2 aromatic heterocycles. The van der Waals surface area contributed by atoms with E-state index in [-0.39, 0.29) is 5.95 Å². The van der Waals surface area contributed by atoms with E-state index in [0.29, 0.717) is 11.8 Å². The van der Waals surface area contributed by atoms with Crippen LogP contribution in [0.25, 0.3) is 11.4 Å². The first-order chi connectivity index (χ1) is 11.8. The van der Waals surface area contributed by atoms with Gasteiger partial charge in [-0.1, -0.05) is 30.3 Å². The number of hydrogen-bond donors (Lipinski definition) is 2. The fourth-order valence-corrected chi connectivity index (χ4v) is 2.51. The van der Waals surface area contributed by atoms with Crippen LogP contribution in [0.1, 0.15) is 6.42 Å². The fraction of sp³-hybridized carbons (Fsp3) is 0.176. The minimum absolute atomic E-state index is 0.184. The first-order valence-corrected chi connectivity index (χ1v) is 7.83. The summed E-state index contributed by atoms with van der Waals surface area (Å²) in [6, 6.07) is 13.6. The molecule has 0 aliphatic carbocycles. The van der Waals surface area contributed by atoms with Gasteiger partial charge in [-0.15, -0.1) is 0 Å². The number of rotatable bonds is 4. The van der Waals surface area contributed by atoms with Crippen LogP contribution >= 0.6 is 0 Å². The topological polar surface area (TPSA) is 92.8 Å². The van der Waals surface area contributed by atoms with Crippen molar-refractivity contribution in [2.24, 2.45) is 0 Å². The Labute approximate surface area is 139 Å². The molecule has 0 saturated carbocycles. The highest BCUT2D eigenvalue weighted by Gasteiger charge is 2.16. The summed E-state index contributed by atoms with van der Waals surface area (Å²) < 4.78 is 0. The Balaban J connectivity index is 1.61. The van der Waals surface area contributed by atoms with E-state index in [0.717, 1.165) is 30.2 Å². The van der Waals surface area contributed by atoms with Crippen molar-refractivity contribution < 1.29 is 0 Å². The van der Waals surface area contributed by atoms with Crippen molar-refractivity contribution in [3.63, 3.8) is 0 Å². The molecular formula is C17H17N7. The van der Waals surface area contributed by atoms with Crippen LogP contribution in [0, 0.1) is 0 Å². The van der Waals surface area contributed by atoms with Crippen LogP contribution in [-0.2, 0) is 0 Å². The smallest absolute Gasteiger partial charge is 0.232 e. The SMILES string of the molecule is Nc1nc(Nc2ccnc(N3CCC3)c2)nc(-c2ccccc2)n1. The zero-order valence-corrected chi connectivity index (χ0v) is 13.1. The Hall–Kier alpha value is -3.22. The average molecular weight is 319 g/mol. The molecule has 7 nitrogen and oxygen atoms in total. The maximum Gasteiger partial charge on any atom is 0.232 e. The van der Waals surface area contributed by atoms with Crippen LogP contribution in [0.2, 0.25) is 0 Å². The average Bonchev–Trinajstić information content (AvgIpc) is 2.54. The number of nitrogens with two attached hydrogens (primary N) is 1. The van der Waals surface area contributed by atoms with Crippen LogP contribution in [0.3, 0.4) is 0 Å². The summed E-state index contributed by atoms with van der Waals surface area (Å²) in [5.74, 6) is 2.10. The van der Waals surface area contributed by atoms with Gasteiger partial charge in [-0.25, -0.2) is 4.98 Å². The molecule has 1 saturated heterocycles. The summed E-state index contributed by atoms with van der Waals surface area (Å²) in [5, 5.41) is 3.19. The molecule has 1 aliphatic heterocycles. The minimum Gasteiger partial charge on any atom is -0.368 e. The highest BCUT2D eigenvalue weighted by atomic mass is 15.2. The number of nitrogens with one attached hydrogen (secondary N) is 1. The zero-order chi connectivity index (χ0) is 16.4. The monoisotopic (exact) mass is 319 g/mol. The molecule has 1 aliphatic rings. The van der Waals surface area contributed by atoms with E-state index in [4.69, 9.17) is 5.73 Å². The molecular weight excluding hydrogens is 302 g/mol. The molecule has 1 aromatic carbocycles. The van der Waals surface area contributed by atoms with E-state index in [2.05, 4.69) is 30.2 Å². The second-order valence-corrected chi connectivity index (χ2v) is 5.58. The lowest BCUT2D eigenvalue weighted by Gasteiger charge is -2.32. The normalized spacial score (nSPS) is 13.4. The van der Waals surface area contributed by atoms with Gasteiger partial charge in [-0.2, -0.15) is 15.0 Å². The summed E-state index contributed by atoms with van der Waals surface area (Å²) in [7, 11) is 0. The third-order valence-electron chi connectivity index (χ3n) is 3.87. The number of nitrogen functional groups attached to an aromatic ring is 1. The highest BCUT2D eigenvalue weighted by Crippen LogP contribution is 2.23. The van der Waals surface area contributed by atoms with Crippen molar-refractivity contribution in [2.45, 2.75) is 6.42 Å². The van der Waals surface area contributed by atoms with Gasteiger partial charge >= 0.3 is 0 Å². The van der Waals surface area contributed by atoms with E-state index >= 15 is 0 Å². The Bertz CT molecular complexity index is 847. The van der Waals surface area contributed by atoms with Crippen molar-refractivity contribution in [3.05, 3.63) is 48.7 Å². The quantitative estimate of drug-likeness (QED) is 0.763. The largest absolute Gasteiger partial charge is 0.368 e. The van der Waals surface area contributed by atoms with E-state index in [1.807, 2.05) is 42.5 Å². The number of aromatic nitrogens is 4. The van der Waals surface area contributed by atoms with Crippen LogP contribution in [-0.4, -0.2) is 33.0 Å². The van der Waals surface area contributed by atoms with Gasteiger partial charge in [-0.3, -0.25) is 0 Å². The predicted octanol–water partition coefficient (Wildman–Crippen LogP) is 2.47. The molecule has 0 unspecified atom stereocenters. The maximum absolute atomic E-state index is 5.84. The molecule has 120 valence electrons. The first-order valence-electron chi connectivity index (χ1n) is 7.83. The second-order valence-electron chi connectivity index (χ2n) is 5.58. The van der Waals surface area contributed by atoms with Gasteiger partial charge in [-0.05, 0) is 12.5 Å². The molecule has 0 bridgehead atoms. The molecule has 0 amide bonds. The number of pyridine rings is 1. The Kier molecular flexibility index (Phi) is 3.66. The Morgan fingerprint density at radius 1 is 1.00 bits per heavy atom. The van der Waals surface area contributed by atoms with Gasteiger partial charge in [0.1, 0.15) is 5.82 Å². The lowest BCUT2D eigenvalue weighted by atomic mass is 10.2. The van der Waals surface area contributed by atoms with Crippen molar-refractivity contribution in [3.8, 4) is 11.4 Å². The summed E-state index contributed by atoms with van der Waals surface area (Å²) in [6.07, 6.45) is 2.99. The van der Waals surface area contributed by atoms with Crippen LogP contribution in [0.5, 0.6) is 0 Å². The van der Waals surface area contributed by atoms with Crippen molar-refractivity contribution >= 4 is 23.4 Å². The van der Waals surface area contributed by atoms with Gasteiger partial charge in [0, 0.05) is 36.6 Å². The van der Waals surface area contributed by atoms with Crippen molar-refractivity contribution in [1.29, 1.82) is 0 Å². The number of anilines is 4. The summed E-state index contributed by atoms with van der Waals surface area (Å²) in [6.45, 7) is 2.10. The second kappa shape index (κ2) is 6.11. The van der Waals surface area contributed by atoms with Crippen LogP contribution in [0.15, 0.2) is 48.7 Å². The molecule has 3 heterocycles. The molecule has 3 N–H and O–H groups in total. The van der Waals surface area contributed by atoms with E-state index in [1.54, 1.807) is 6.20 Å². The fourth-order valence-electron chi connectivity index (χ4n) is 2.51. The summed E-state index contributed by atoms with van der Waals surface area (Å²) in [5.41, 5.74) is 7.60. The molecule has 1 fully saturated rings. The highest BCUT2D eigenvalue weighted by molar-refractivity contribution is 5.62. The standard InChI is InChI=1S/C17H17N7/c18-16-21-15(12-5-2-1-3-6-12)22-17(23-16)20-13-7-8-19-14(11-13)24-9-4-10-24/h1-3,5-8,11H,4,9-10H2,(H3,18,19,20,21,22,23). The van der Waals surface area contributed by atoms with Crippen LogP contribution in [0.4, 0.5) is 23.4 Å². The van der Waals surface area contributed by atoms with E-state index < -0.39 is 0 Å². The molecule has 0 atom stereocenters. The molecule has 3 aromatic rings. The predicted molar refractivity (Wildman–Crippen MR) is 94.0 cm³/mol. The number of benzene rings is 1. The molecule has 4 rings (SSSR count). The molecule has 7 heteroatoms. The van der Waals surface area contributed by atoms with Gasteiger partial charge in [0.15, 0.2) is 5.82 Å². The van der Waals surface area contributed by atoms with Gasteiger partial charge in [0.25, 0.3) is 0 Å². The van der Waals surface area contributed by atoms with Crippen LogP contribution < -0.4 is 16.0 Å². The maximum atomic E-state index is 5.84. The van der Waals surface area contributed by atoms with E-state index in [9.17, 15) is 0 Å². The lowest BCUT2D eigenvalue weighted by molar-refractivity contribution is 0.610. The third-order valence-corrected chi connectivity index (χ3v) is 3.87. The number of hydrogen-bond acceptors (Lipinski definition) is 7. The van der Waals surface area contributed by atoms with Crippen molar-refractivity contribution in [2.75, 3.05) is 29.0 Å². The Morgan fingerprint density at radius 2 is 1.83 bits per heavy atom. The van der Waals surface area contributed by atoms with Crippen molar-refractivity contribution in [1.82, 2.24) is 19.9 Å². The summed E-state index contributed by atoms with van der Waals surface area (Å²) in [4.78, 5) is 19.5. The van der Waals surface area contributed by atoms with E-state index in [1.165, 1.54) is 6.42 Å². The zero-order valence-electron chi connectivity index (χ0n) is 13.1. The Morgan fingerprint density at radius 3 is 2.58 bits per heavy atom.